The summed E-state index contributed by atoms with van der Waals surface area (Å²) in [5.74, 6) is -1.06. The molecule has 0 saturated carbocycles. The van der Waals surface area contributed by atoms with Gasteiger partial charge < -0.3 is 10.4 Å². The molecule has 0 bridgehead atoms. The van der Waals surface area contributed by atoms with E-state index < -0.39 is 11.6 Å². The molecule has 0 amide bonds. The topological polar surface area (TPSA) is 49.3 Å². The molecule has 1 atom stereocenters. The summed E-state index contributed by atoms with van der Waals surface area (Å²) in [7, 11) is 0. The summed E-state index contributed by atoms with van der Waals surface area (Å²) in [6.45, 7) is 0.767. The maximum Gasteiger partial charge on any atom is 0.306 e. The van der Waals surface area contributed by atoms with E-state index in [2.05, 4.69) is 5.32 Å². The van der Waals surface area contributed by atoms with Crippen molar-refractivity contribution in [3.8, 4) is 0 Å². The third-order valence-corrected chi connectivity index (χ3v) is 1.66. The molecule has 1 unspecified atom stereocenters. The quantitative estimate of drug-likeness (QED) is 0.585. The first-order chi connectivity index (χ1) is 4.62. The summed E-state index contributed by atoms with van der Waals surface area (Å²) in [6.07, 6.45) is -0.0562. The van der Waals surface area contributed by atoms with E-state index in [1.54, 1.807) is 0 Å². The maximum absolute atomic E-state index is 13.1. The first kappa shape index (κ1) is 7.47. The fourth-order valence-corrected chi connectivity index (χ4v) is 1.14. The lowest BCUT2D eigenvalue weighted by Crippen LogP contribution is -2.28. The Morgan fingerprint density at radius 2 is 2.50 bits per heavy atom. The molecule has 58 valence electrons. The van der Waals surface area contributed by atoms with Gasteiger partial charge in [0.1, 0.15) is 5.67 Å². The normalized spacial score (nSPS) is 32.5. The van der Waals surface area contributed by atoms with Crippen molar-refractivity contribution in [2.75, 3.05) is 13.1 Å². The van der Waals surface area contributed by atoms with Crippen LogP contribution < -0.4 is 5.32 Å². The lowest BCUT2D eigenvalue weighted by atomic mass is 10.0. The average molecular weight is 147 g/mol. The molecular formula is C6H10FNO2. The summed E-state index contributed by atoms with van der Waals surface area (Å²) in [5.41, 5.74) is -1.49. The molecule has 0 aliphatic carbocycles. The second kappa shape index (κ2) is 2.54. The zero-order valence-electron chi connectivity index (χ0n) is 5.56. The van der Waals surface area contributed by atoms with E-state index >= 15 is 0 Å². The summed E-state index contributed by atoms with van der Waals surface area (Å²) < 4.78 is 13.1. The van der Waals surface area contributed by atoms with Crippen molar-refractivity contribution in [3.05, 3.63) is 0 Å². The molecule has 1 heterocycles. The predicted octanol–water partition coefficient (Wildman–Crippen LogP) is 0.163. The Morgan fingerprint density at radius 1 is 1.80 bits per heavy atom. The third-order valence-electron chi connectivity index (χ3n) is 1.66. The van der Waals surface area contributed by atoms with Gasteiger partial charge >= 0.3 is 5.97 Å². The van der Waals surface area contributed by atoms with E-state index in [0.29, 0.717) is 13.0 Å². The zero-order valence-corrected chi connectivity index (χ0v) is 5.56. The first-order valence-electron chi connectivity index (χ1n) is 3.24. The molecule has 0 aromatic carbocycles. The van der Waals surface area contributed by atoms with Crippen LogP contribution in [0, 0.1) is 0 Å². The number of hydrogen-bond donors (Lipinski definition) is 2. The highest BCUT2D eigenvalue weighted by molar-refractivity contribution is 5.68. The number of halogens is 1. The van der Waals surface area contributed by atoms with Crippen LogP contribution in [0.5, 0.6) is 0 Å². The van der Waals surface area contributed by atoms with E-state index in [-0.39, 0.29) is 13.0 Å². The van der Waals surface area contributed by atoms with Crippen LogP contribution in [0.3, 0.4) is 0 Å². The number of carboxylic acid groups (broad SMARTS) is 1. The van der Waals surface area contributed by atoms with E-state index in [0.717, 1.165) is 0 Å². The number of nitrogens with one attached hydrogen (secondary N) is 1. The van der Waals surface area contributed by atoms with Gasteiger partial charge in [0.15, 0.2) is 0 Å². The molecule has 1 aliphatic rings. The second-order valence-corrected chi connectivity index (χ2v) is 2.65. The maximum atomic E-state index is 13.1. The van der Waals surface area contributed by atoms with Gasteiger partial charge in [-0.2, -0.15) is 0 Å². The molecule has 0 aromatic rings. The minimum absolute atomic E-state index is 0.180. The van der Waals surface area contributed by atoms with E-state index in [9.17, 15) is 9.18 Å². The number of aliphatic carboxylic acids is 1. The average Bonchev–Trinajstić information content (AvgIpc) is 2.12. The van der Waals surface area contributed by atoms with E-state index in [1.807, 2.05) is 0 Å². The standard InChI is InChI=1S/C6H10FNO2/c7-6(3-5(9)10)1-2-8-4-6/h8H,1-4H2,(H,9,10). The van der Waals surface area contributed by atoms with Gasteiger partial charge in [0, 0.05) is 6.54 Å². The van der Waals surface area contributed by atoms with Crippen LogP contribution in [-0.2, 0) is 4.79 Å². The Hall–Kier alpha value is -0.640. The van der Waals surface area contributed by atoms with Gasteiger partial charge in [0.05, 0.1) is 6.42 Å². The number of carboxylic acids is 1. The molecule has 10 heavy (non-hydrogen) atoms. The Balaban J connectivity index is 2.43. The van der Waals surface area contributed by atoms with Crippen LogP contribution in [-0.4, -0.2) is 29.8 Å². The monoisotopic (exact) mass is 147 g/mol. The molecule has 4 heteroatoms. The van der Waals surface area contributed by atoms with Crippen LogP contribution in [0.25, 0.3) is 0 Å². The fraction of sp³-hybridized carbons (Fsp3) is 0.833. The largest absolute Gasteiger partial charge is 0.481 e. The highest BCUT2D eigenvalue weighted by Gasteiger charge is 2.35. The fourth-order valence-electron chi connectivity index (χ4n) is 1.14. The summed E-state index contributed by atoms with van der Waals surface area (Å²) in [4.78, 5) is 10.1. The first-order valence-corrected chi connectivity index (χ1v) is 3.24. The molecular weight excluding hydrogens is 137 g/mol. The van der Waals surface area contributed by atoms with Gasteiger partial charge in [0.25, 0.3) is 0 Å². The molecule has 1 saturated heterocycles. The van der Waals surface area contributed by atoms with Crippen molar-refractivity contribution in [3.63, 3.8) is 0 Å². The molecule has 0 aromatic heterocycles. The van der Waals surface area contributed by atoms with Gasteiger partial charge in [-0.25, -0.2) is 4.39 Å². The van der Waals surface area contributed by atoms with Crippen molar-refractivity contribution >= 4 is 5.97 Å². The second-order valence-electron chi connectivity index (χ2n) is 2.65. The lowest BCUT2D eigenvalue weighted by molar-refractivity contribution is -0.139. The Morgan fingerprint density at radius 3 is 2.90 bits per heavy atom. The summed E-state index contributed by atoms with van der Waals surface area (Å²) in [6, 6.07) is 0. The number of rotatable bonds is 2. The molecule has 3 nitrogen and oxygen atoms in total. The molecule has 0 radical (unpaired) electrons. The van der Waals surface area contributed by atoms with Crippen LogP contribution in [0.4, 0.5) is 4.39 Å². The third kappa shape index (κ3) is 1.67. The SMILES string of the molecule is O=C(O)CC1(F)CCNC1. The lowest BCUT2D eigenvalue weighted by Gasteiger charge is -2.13. The molecule has 1 fully saturated rings. The van der Waals surface area contributed by atoms with Crippen molar-refractivity contribution in [1.82, 2.24) is 5.32 Å². The Labute approximate surface area is 58.2 Å². The van der Waals surface area contributed by atoms with Gasteiger partial charge in [-0.05, 0) is 13.0 Å². The van der Waals surface area contributed by atoms with E-state index in [1.165, 1.54) is 0 Å². The van der Waals surface area contributed by atoms with Crippen molar-refractivity contribution in [2.45, 2.75) is 18.5 Å². The van der Waals surface area contributed by atoms with Crippen molar-refractivity contribution in [2.24, 2.45) is 0 Å². The van der Waals surface area contributed by atoms with Crippen LogP contribution in [0.15, 0.2) is 0 Å². The smallest absolute Gasteiger partial charge is 0.306 e. The number of hydrogen-bond acceptors (Lipinski definition) is 2. The highest BCUT2D eigenvalue weighted by atomic mass is 19.1. The van der Waals surface area contributed by atoms with Crippen molar-refractivity contribution in [1.29, 1.82) is 0 Å². The Kier molecular flexibility index (Phi) is 1.89. The molecule has 2 N–H and O–H groups in total. The number of carbonyl (C=O) groups is 1. The van der Waals surface area contributed by atoms with Crippen LogP contribution in [0.2, 0.25) is 0 Å². The minimum Gasteiger partial charge on any atom is -0.481 e. The summed E-state index contributed by atoms with van der Waals surface area (Å²) >= 11 is 0. The molecule has 1 aliphatic heterocycles. The van der Waals surface area contributed by atoms with Crippen molar-refractivity contribution < 1.29 is 14.3 Å². The number of alkyl halides is 1. The van der Waals surface area contributed by atoms with Gasteiger partial charge in [-0.15, -0.1) is 0 Å². The molecule has 0 spiro atoms. The Bertz CT molecular complexity index is 143. The van der Waals surface area contributed by atoms with Crippen LogP contribution >= 0.6 is 0 Å². The van der Waals surface area contributed by atoms with Gasteiger partial charge in [-0.1, -0.05) is 0 Å². The van der Waals surface area contributed by atoms with Gasteiger partial charge in [-0.3, -0.25) is 4.79 Å². The minimum atomic E-state index is -1.49. The van der Waals surface area contributed by atoms with E-state index in [4.69, 9.17) is 5.11 Å². The summed E-state index contributed by atoms with van der Waals surface area (Å²) in [5, 5.41) is 11.1. The molecule has 1 rings (SSSR count). The van der Waals surface area contributed by atoms with Crippen LogP contribution in [0.1, 0.15) is 12.8 Å². The zero-order chi connectivity index (χ0) is 7.61. The predicted molar refractivity (Wildman–Crippen MR) is 33.6 cm³/mol. The highest BCUT2D eigenvalue weighted by Crippen LogP contribution is 2.23. The van der Waals surface area contributed by atoms with Gasteiger partial charge in [0.2, 0.25) is 0 Å².